The molecule has 0 spiro atoms. The lowest BCUT2D eigenvalue weighted by molar-refractivity contribution is 0.0903. The largest absolute Gasteiger partial charge is 0.459 e. The number of nitrogens with one attached hydrogen (secondary N) is 2. The third-order valence-corrected chi connectivity index (χ3v) is 4.50. The molecule has 6 nitrogen and oxygen atoms in total. The van der Waals surface area contributed by atoms with Crippen molar-refractivity contribution in [2.45, 2.75) is 37.6 Å². The number of aromatic nitrogens is 2. The molecule has 2 aromatic heterocycles. The molecule has 1 aliphatic heterocycles. The second-order valence-corrected chi connectivity index (χ2v) is 6.17. The molecule has 1 saturated carbocycles. The van der Waals surface area contributed by atoms with E-state index in [4.69, 9.17) is 4.42 Å². The highest BCUT2D eigenvalue weighted by Gasteiger charge is 2.28. The smallest absolute Gasteiger partial charge is 0.287 e. The molecule has 22 heavy (non-hydrogen) atoms. The number of aromatic amines is 1. The van der Waals surface area contributed by atoms with Crippen LogP contribution in [0.15, 0.2) is 28.9 Å². The number of amides is 1. The van der Waals surface area contributed by atoms with Gasteiger partial charge < -0.3 is 14.6 Å². The highest BCUT2D eigenvalue weighted by Crippen LogP contribution is 2.40. The van der Waals surface area contributed by atoms with Gasteiger partial charge in [0.15, 0.2) is 11.6 Å². The summed E-state index contributed by atoms with van der Waals surface area (Å²) in [5, 5.41) is 10.6. The van der Waals surface area contributed by atoms with Crippen molar-refractivity contribution in [3.05, 3.63) is 35.9 Å². The summed E-state index contributed by atoms with van der Waals surface area (Å²) in [6, 6.07) is 5.80. The van der Waals surface area contributed by atoms with Crippen LogP contribution in [-0.4, -0.2) is 35.2 Å². The van der Waals surface area contributed by atoms with Crippen LogP contribution in [0.2, 0.25) is 0 Å². The van der Waals surface area contributed by atoms with Crippen LogP contribution >= 0.6 is 0 Å². The molecule has 0 unspecified atom stereocenters. The Kier molecular flexibility index (Phi) is 3.36. The van der Waals surface area contributed by atoms with Crippen LogP contribution in [0.3, 0.4) is 0 Å². The first kappa shape index (κ1) is 13.4. The van der Waals surface area contributed by atoms with E-state index in [9.17, 15) is 4.79 Å². The first-order chi connectivity index (χ1) is 10.8. The van der Waals surface area contributed by atoms with Gasteiger partial charge in [-0.25, -0.2) is 0 Å². The van der Waals surface area contributed by atoms with Crippen LogP contribution < -0.4 is 10.2 Å². The Bertz CT molecular complexity index is 637. The Balaban J connectivity index is 1.31. The lowest BCUT2D eigenvalue weighted by Gasteiger charge is -2.32. The van der Waals surface area contributed by atoms with Crippen molar-refractivity contribution in [2.24, 2.45) is 0 Å². The summed E-state index contributed by atoms with van der Waals surface area (Å²) in [4.78, 5) is 14.3. The molecule has 0 atom stereocenters. The number of anilines is 1. The number of carbonyl (C=O) groups is 1. The van der Waals surface area contributed by atoms with Crippen LogP contribution in [-0.2, 0) is 0 Å². The maximum absolute atomic E-state index is 12.0. The van der Waals surface area contributed by atoms with Crippen LogP contribution in [0.5, 0.6) is 0 Å². The van der Waals surface area contributed by atoms with Gasteiger partial charge in [-0.15, -0.1) is 0 Å². The highest BCUT2D eigenvalue weighted by atomic mass is 16.3. The first-order valence-corrected chi connectivity index (χ1v) is 7.94. The maximum Gasteiger partial charge on any atom is 0.287 e. The van der Waals surface area contributed by atoms with E-state index in [0.29, 0.717) is 11.7 Å². The summed E-state index contributed by atoms with van der Waals surface area (Å²) >= 11 is 0. The fourth-order valence-electron chi connectivity index (χ4n) is 3.01. The van der Waals surface area contributed by atoms with Gasteiger partial charge in [-0.1, -0.05) is 0 Å². The van der Waals surface area contributed by atoms with Crippen molar-refractivity contribution in [1.82, 2.24) is 15.5 Å². The minimum absolute atomic E-state index is 0.126. The lowest BCUT2D eigenvalue weighted by Crippen LogP contribution is -2.44. The Morgan fingerprint density at radius 1 is 1.32 bits per heavy atom. The van der Waals surface area contributed by atoms with Crippen LogP contribution in [0.25, 0.3) is 0 Å². The molecule has 1 amide bonds. The summed E-state index contributed by atoms with van der Waals surface area (Å²) in [7, 11) is 0. The molecule has 116 valence electrons. The predicted octanol–water partition coefficient (Wildman–Crippen LogP) is 2.28. The number of hydrogen-bond acceptors (Lipinski definition) is 4. The Labute approximate surface area is 128 Å². The predicted molar refractivity (Wildman–Crippen MR) is 82.0 cm³/mol. The van der Waals surface area contributed by atoms with Crippen molar-refractivity contribution in [2.75, 3.05) is 18.0 Å². The van der Waals surface area contributed by atoms with Gasteiger partial charge >= 0.3 is 0 Å². The standard InChI is InChI=1S/C16H20N4O2/c21-16(14-2-1-9-22-14)17-12-5-7-20(8-6-12)15-10-13(18-19-15)11-3-4-11/h1-2,9-12H,3-8H2,(H,17,21)(H,18,19). The van der Waals surface area contributed by atoms with E-state index in [1.807, 2.05) is 0 Å². The molecule has 6 heteroatoms. The minimum atomic E-state index is -0.126. The van der Waals surface area contributed by atoms with Crippen molar-refractivity contribution < 1.29 is 9.21 Å². The highest BCUT2D eigenvalue weighted by molar-refractivity contribution is 5.91. The summed E-state index contributed by atoms with van der Waals surface area (Å²) in [6.07, 6.45) is 5.94. The third-order valence-electron chi connectivity index (χ3n) is 4.50. The van der Waals surface area contributed by atoms with E-state index < -0.39 is 0 Å². The maximum atomic E-state index is 12.0. The molecular formula is C16H20N4O2. The lowest BCUT2D eigenvalue weighted by atomic mass is 10.0. The van der Waals surface area contributed by atoms with Crippen LogP contribution in [0.4, 0.5) is 5.82 Å². The molecule has 2 aliphatic rings. The fourth-order valence-corrected chi connectivity index (χ4v) is 3.01. The monoisotopic (exact) mass is 300 g/mol. The average molecular weight is 300 g/mol. The van der Waals surface area contributed by atoms with Gasteiger partial charge in [0.05, 0.1) is 6.26 Å². The van der Waals surface area contributed by atoms with Crippen LogP contribution in [0, 0.1) is 0 Å². The van der Waals surface area contributed by atoms with Gasteiger partial charge in [-0.3, -0.25) is 9.89 Å². The van der Waals surface area contributed by atoms with Crippen molar-refractivity contribution in [3.8, 4) is 0 Å². The number of nitrogens with zero attached hydrogens (tertiary/aromatic N) is 2. The van der Waals surface area contributed by atoms with E-state index in [0.717, 1.165) is 31.7 Å². The first-order valence-electron chi connectivity index (χ1n) is 7.94. The second kappa shape index (κ2) is 5.51. The number of furan rings is 1. The molecular weight excluding hydrogens is 280 g/mol. The van der Waals surface area contributed by atoms with Crippen molar-refractivity contribution in [3.63, 3.8) is 0 Å². The summed E-state index contributed by atoms with van der Waals surface area (Å²) in [5.74, 6) is 1.99. The zero-order valence-corrected chi connectivity index (χ0v) is 12.4. The average Bonchev–Trinajstić information content (AvgIpc) is 3.05. The Morgan fingerprint density at radius 3 is 2.82 bits per heavy atom. The number of hydrogen-bond donors (Lipinski definition) is 2. The van der Waals surface area contributed by atoms with Crippen molar-refractivity contribution in [1.29, 1.82) is 0 Å². The van der Waals surface area contributed by atoms with Gasteiger partial charge in [0.1, 0.15) is 0 Å². The van der Waals surface area contributed by atoms with E-state index in [1.165, 1.54) is 24.8 Å². The van der Waals surface area contributed by atoms with E-state index in [1.54, 1.807) is 12.1 Å². The van der Waals surface area contributed by atoms with Crippen molar-refractivity contribution >= 4 is 11.7 Å². The summed E-state index contributed by atoms with van der Waals surface area (Å²) in [5.41, 5.74) is 1.27. The summed E-state index contributed by atoms with van der Waals surface area (Å²) < 4.78 is 5.12. The molecule has 2 aromatic rings. The third kappa shape index (κ3) is 2.73. The number of piperidine rings is 1. The topological polar surface area (TPSA) is 74.2 Å². The fraction of sp³-hybridized carbons (Fsp3) is 0.500. The van der Waals surface area contributed by atoms with Gasteiger partial charge in [0.25, 0.3) is 5.91 Å². The Hall–Kier alpha value is -2.24. The van der Waals surface area contributed by atoms with Gasteiger partial charge in [0, 0.05) is 36.8 Å². The van der Waals surface area contributed by atoms with Gasteiger partial charge in [-0.05, 0) is 37.8 Å². The van der Waals surface area contributed by atoms with E-state index in [-0.39, 0.29) is 11.9 Å². The summed E-state index contributed by atoms with van der Waals surface area (Å²) in [6.45, 7) is 1.83. The zero-order valence-electron chi connectivity index (χ0n) is 12.4. The molecule has 1 aliphatic carbocycles. The second-order valence-electron chi connectivity index (χ2n) is 6.17. The van der Waals surface area contributed by atoms with Crippen LogP contribution in [0.1, 0.15) is 47.8 Å². The molecule has 0 bridgehead atoms. The number of carbonyl (C=O) groups excluding carboxylic acids is 1. The zero-order chi connectivity index (χ0) is 14.9. The van der Waals surface area contributed by atoms with E-state index in [2.05, 4.69) is 26.5 Å². The SMILES string of the molecule is O=C(NC1CCN(c2cc(C3CC3)[nH]n2)CC1)c1ccco1. The normalized spacial score (nSPS) is 19.4. The number of rotatable bonds is 4. The molecule has 2 N–H and O–H groups in total. The Morgan fingerprint density at radius 2 is 2.14 bits per heavy atom. The minimum Gasteiger partial charge on any atom is -0.459 e. The number of H-pyrrole nitrogens is 1. The molecule has 4 rings (SSSR count). The molecule has 1 saturated heterocycles. The van der Waals surface area contributed by atoms with Gasteiger partial charge in [0.2, 0.25) is 0 Å². The molecule has 2 fully saturated rings. The van der Waals surface area contributed by atoms with E-state index >= 15 is 0 Å². The molecule has 0 aromatic carbocycles. The molecule has 3 heterocycles. The van der Waals surface area contributed by atoms with Gasteiger partial charge in [-0.2, -0.15) is 5.10 Å². The molecule has 0 radical (unpaired) electrons. The quantitative estimate of drug-likeness (QED) is 0.908.